The molecule has 10 heavy (non-hydrogen) atoms. The van der Waals surface area contributed by atoms with Crippen molar-refractivity contribution in [1.82, 2.24) is 0 Å². The van der Waals surface area contributed by atoms with Crippen LogP contribution in [-0.4, -0.2) is 18.9 Å². The Bertz CT molecular complexity index is 138. The van der Waals surface area contributed by atoms with Crippen molar-refractivity contribution in [1.29, 1.82) is 0 Å². The fourth-order valence-electron chi connectivity index (χ4n) is 0.878. The fourth-order valence-corrected chi connectivity index (χ4v) is 0.878. The Labute approximate surface area is 59.4 Å². The van der Waals surface area contributed by atoms with Crippen LogP contribution in [0.3, 0.4) is 0 Å². The molecule has 0 aromatic rings. The highest BCUT2D eigenvalue weighted by atomic mass is 16.5. The van der Waals surface area contributed by atoms with Gasteiger partial charge in [0.05, 0.1) is 5.92 Å². The summed E-state index contributed by atoms with van der Waals surface area (Å²) in [6.07, 6.45) is 3.56. The van der Waals surface area contributed by atoms with Crippen LogP contribution in [0, 0.1) is 5.92 Å². The molecule has 0 amide bonds. The van der Waals surface area contributed by atoms with E-state index >= 15 is 0 Å². The topological polar surface area (TPSA) is 43.4 Å². The third-order valence-electron chi connectivity index (χ3n) is 1.73. The van der Waals surface area contributed by atoms with Gasteiger partial charge < -0.3 is 4.74 Å². The summed E-state index contributed by atoms with van der Waals surface area (Å²) in [5, 5.41) is 0. The second-order valence-electron chi connectivity index (χ2n) is 2.42. The Morgan fingerprint density at radius 3 is 2.70 bits per heavy atom. The van der Waals surface area contributed by atoms with Gasteiger partial charge in [0.15, 0.2) is 6.29 Å². The van der Waals surface area contributed by atoms with Gasteiger partial charge in [0.1, 0.15) is 6.61 Å². The molecule has 0 N–H and O–H groups in total. The molecule has 0 heterocycles. The third kappa shape index (κ3) is 1.56. The molecule has 1 rings (SSSR count). The van der Waals surface area contributed by atoms with Crippen molar-refractivity contribution in [3.8, 4) is 0 Å². The first-order valence-electron chi connectivity index (χ1n) is 3.45. The third-order valence-corrected chi connectivity index (χ3v) is 1.73. The number of esters is 1. The standard InChI is InChI=1S/C7H10O3/c8-4-5-10-7(9)6-2-1-3-6/h4,6H,1-3,5H2. The normalized spacial score (nSPS) is 17.6. The van der Waals surface area contributed by atoms with Gasteiger partial charge in [-0.15, -0.1) is 0 Å². The van der Waals surface area contributed by atoms with Gasteiger partial charge >= 0.3 is 5.97 Å². The predicted molar refractivity (Wildman–Crippen MR) is 34.4 cm³/mol. The van der Waals surface area contributed by atoms with Crippen LogP contribution < -0.4 is 0 Å². The lowest BCUT2D eigenvalue weighted by molar-refractivity contribution is -0.152. The smallest absolute Gasteiger partial charge is 0.309 e. The average Bonchev–Trinajstić information content (AvgIpc) is 1.79. The van der Waals surface area contributed by atoms with Gasteiger partial charge in [-0.3, -0.25) is 9.59 Å². The largest absolute Gasteiger partial charge is 0.458 e. The lowest BCUT2D eigenvalue weighted by atomic mass is 9.86. The van der Waals surface area contributed by atoms with Crippen molar-refractivity contribution in [2.24, 2.45) is 5.92 Å². The van der Waals surface area contributed by atoms with Gasteiger partial charge in [-0.25, -0.2) is 0 Å². The highest BCUT2D eigenvalue weighted by Gasteiger charge is 2.26. The fraction of sp³-hybridized carbons (Fsp3) is 0.714. The van der Waals surface area contributed by atoms with Gasteiger partial charge in [0, 0.05) is 0 Å². The van der Waals surface area contributed by atoms with E-state index in [0.29, 0.717) is 6.29 Å². The molecule has 1 fully saturated rings. The van der Waals surface area contributed by atoms with E-state index in [2.05, 4.69) is 4.74 Å². The molecule has 56 valence electrons. The predicted octanol–water partition coefficient (Wildman–Crippen LogP) is 0.529. The van der Waals surface area contributed by atoms with Crippen molar-refractivity contribution in [3.05, 3.63) is 0 Å². The summed E-state index contributed by atoms with van der Waals surface area (Å²) in [7, 11) is 0. The second-order valence-corrected chi connectivity index (χ2v) is 2.42. The van der Waals surface area contributed by atoms with E-state index in [0.717, 1.165) is 19.3 Å². The molecule has 1 saturated carbocycles. The minimum absolute atomic E-state index is 0.0833. The van der Waals surface area contributed by atoms with Gasteiger partial charge in [-0.05, 0) is 12.8 Å². The van der Waals surface area contributed by atoms with E-state index in [4.69, 9.17) is 0 Å². The number of hydrogen-bond acceptors (Lipinski definition) is 3. The zero-order chi connectivity index (χ0) is 7.40. The zero-order valence-corrected chi connectivity index (χ0v) is 5.71. The van der Waals surface area contributed by atoms with Crippen molar-refractivity contribution in [2.75, 3.05) is 6.61 Å². The van der Waals surface area contributed by atoms with Gasteiger partial charge in [-0.1, -0.05) is 6.42 Å². The van der Waals surface area contributed by atoms with Crippen molar-refractivity contribution in [3.63, 3.8) is 0 Å². The number of hydrogen-bond donors (Lipinski definition) is 0. The molecule has 0 spiro atoms. The SMILES string of the molecule is O=CCOC(=O)C1CCC1. The van der Waals surface area contributed by atoms with Crippen LogP contribution in [0.25, 0.3) is 0 Å². The van der Waals surface area contributed by atoms with Crippen LogP contribution >= 0.6 is 0 Å². The van der Waals surface area contributed by atoms with E-state index in [1.165, 1.54) is 0 Å². The molecule has 0 bridgehead atoms. The maximum Gasteiger partial charge on any atom is 0.309 e. The molecule has 0 atom stereocenters. The molecule has 0 radical (unpaired) electrons. The van der Waals surface area contributed by atoms with Crippen LogP contribution in [0.2, 0.25) is 0 Å². The van der Waals surface area contributed by atoms with E-state index in [9.17, 15) is 9.59 Å². The number of ether oxygens (including phenoxy) is 1. The van der Waals surface area contributed by atoms with Gasteiger partial charge in [0.25, 0.3) is 0 Å². The van der Waals surface area contributed by atoms with Crippen LogP contribution in [0.4, 0.5) is 0 Å². The molecule has 0 aliphatic heterocycles. The molecule has 0 unspecified atom stereocenters. The van der Waals surface area contributed by atoms with Crippen LogP contribution in [0.1, 0.15) is 19.3 Å². The van der Waals surface area contributed by atoms with E-state index in [-0.39, 0.29) is 18.5 Å². The lowest BCUT2D eigenvalue weighted by Gasteiger charge is -2.22. The number of aldehydes is 1. The molecule has 0 saturated heterocycles. The second kappa shape index (κ2) is 3.34. The number of carbonyl (C=O) groups excluding carboxylic acids is 2. The monoisotopic (exact) mass is 142 g/mol. The summed E-state index contributed by atoms with van der Waals surface area (Å²) in [6.45, 7) is -0.0880. The highest BCUT2D eigenvalue weighted by molar-refractivity contribution is 5.74. The van der Waals surface area contributed by atoms with Crippen LogP contribution in [-0.2, 0) is 14.3 Å². The molecule has 3 nitrogen and oxygen atoms in total. The van der Waals surface area contributed by atoms with E-state index in [1.807, 2.05) is 0 Å². The molecular weight excluding hydrogens is 132 g/mol. The quantitative estimate of drug-likeness (QED) is 0.426. The molecule has 1 aliphatic rings. The average molecular weight is 142 g/mol. The summed E-state index contributed by atoms with van der Waals surface area (Å²) in [6, 6.07) is 0. The van der Waals surface area contributed by atoms with Gasteiger partial charge in [0.2, 0.25) is 0 Å². The highest BCUT2D eigenvalue weighted by Crippen LogP contribution is 2.27. The minimum Gasteiger partial charge on any atom is -0.458 e. The van der Waals surface area contributed by atoms with Crippen molar-refractivity contribution in [2.45, 2.75) is 19.3 Å². The minimum atomic E-state index is -0.210. The Morgan fingerprint density at radius 2 is 2.30 bits per heavy atom. The Morgan fingerprint density at radius 1 is 1.60 bits per heavy atom. The molecule has 3 heteroatoms. The first-order valence-corrected chi connectivity index (χ1v) is 3.45. The maximum absolute atomic E-state index is 10.8. The zero-order valence-electron chi connectivity index (χ0n) is 5.71. The Kier molecular flexibility index (Phi) is 2.42. The molecule has 0 aromatic carbocycles. The Hall–Kier alpha value is -0.860. The first kappa shape index (κ1) is 7.25. The molecule has 0 aromatic heterocycles. The van der Waals surface area contributed by atoms with Crippen molar-refractivity contribution >= 4 is 12.3 Å². The van der Waals surface area contributed by atoms with E-state index < -0.39 is 0 Å². The number of rotatable bonds is 3. The number of carbonyl (C=O) groups is 2. The van der Waals surface area contributed by atoms with Crippen LogP contribution in [0.5, 0.6) is 0 Å². The molecule has 1 aliphatic carbocycles. The lowest BCUT2D eigenvalue weighted by Crippen LogP contribution is -2.24. The summed E-state index contributed by atoms with van der Waals surface area (Å²) >= 11 is 0. The summed E-state index contributed by atoms with van der Waals surface area (Å²) < 4.78 is 4.59. The Balaban J connectivity index is 2.13. The summed E-state index contributed by atoms with van der Waals surface area (Å²) in [5.74, 6) is -0.127. The first-order chi connectivity index (χ1) is 4.84. The summed E-state index contributed by atoms with van der Waals surface area (Å²) in [5.41, 5.74) is 0. The van der Waals surface area contributed by atoms with E-state index in [1.54, 1.807) is 0 Å². The molecular formula is C7H10O3. The van der Waals surface area contributed by atoms with Crippen molar-refractivity contribution < 1.29 is 14.3 Å². The van der Waals surface area contributed by atoms with Crippen LogP contribution in [0.15, 0.2) is 0 Å². The van der Waals surface area contributed by atoms with Gasteiger partial charge in [-0.2, -0.15) is 0 Å². The summed E-state index contributed by atoms with van der Waals surface area (Å²) in [4.78, 5) is 20.6. The maximum atomic E-state index is 10.8.